The number of alkyl halides is 3. The van der Waals surface area contributed by atoms with Crippen LogP contribution >= 0.6 is 0 Å². The van der Waals surface area contributed by atoms with Crippen molar-refractivity contribution in [2.75, 3.05) is 37.9 Å². The molecule has 2 aromatic heterocycles. The van der Waals surface area contributed by atoms with Crippen LogP contribution in [0, 0.1) is 0 Å². The van der Waals surface area contributed by atoms with Crippen LogP contribution < -0.4 is 14.4 Å². The lowest BCUT2D eigenvalue weighted by molar-refractivity contribution is -0.146. The molecule has 4 heterocycles. The number of rotatable bonds is 2. The third-order valence-corrected chi connectivity index (χ3v) is 5.01. The van der Waals surface area contributed by atoms with Crippen molar-refractivity contribution in [1.82, 2.24) is 24.7 Å². The Labute approximate surface area is 167 Å². The average molecular weight is 420 g/mol. The number of piperazine rings is 1. The van der Waals surface area contributed by atoms with Gasteiger partial charge in [0, 0.05) is 31.7 Å². The van der Waals surface area contributed by atoms with E-state index in [-0.39, 0.29) is 18.3 Å². The third kappa shape index (κ3) is 3.13. The summed E-state index contributed by atoms with van der Waals surface area (Å²) in [6, 6.07) is 8.07. The second-order valence-corrected chi connectivity index (χ2v) is 6.83. The van der Waals surface area contributed by atoms with E-state index < -0.39 is 12.0 Å². The van der Waals surface area contributed by atoms with Crippen molar-refractivity contribution in [2.24, 2.45) is 0 Å². The first-order valence-electron chi connectivity index (χ1n) is 9.14. The van der Waals surface area contributed by atoms with Crippen molar-refractivity contribution in [3.05, 3.63) is 41.7 Å². The summed E-state index contributed by atoms with van der Waals surface area (Å²) in [6.07, 6.45) is -4.65. The third-order valence-electron chi connectivity index (χ3n) is 5.01. The highest BCUT2D eigenvalue weighted by atomic mass is 19.4. The molecule has 30 heavy (non-hydrogen) atoms. The number of carbonyl (C=O) groups is 1. The maximum atomic E-state index is 13.1. The van der Waals surface area contributed by atoms with Gasteiger partial charge in [-0.15, -0.1) is 15.3 Å². The molecule has 0 radical (unpaired) electrons. The Kier molecular flexibility index (Phi) is 4.15. The van der Waals surface area contributed by atoms with Crippen molar-refractivity contribution in [3.63, 3.8) is 0 Å². The van der Waals surface area contributed by atoms with E-state index in [1.54, 1.807) is 29.2 Å². The minimum Gasteiger partial charge on any atom is -0.454 e. The Bertz CT molecular complexity index is 1120. The van der Waals surface area contributed by atoms with Gasteiger partial charge in [-0.3, -0.25) is 4.79 Å². The van der Waals surface area contributed by atoms with E-state index in [2.05, 4.69) is 15.3 Å². The Morgan fingerprint density at radius 2 is 1.73 bits per heavy atom. The molecule has 9 nitrogen and oxygen atoms in total. The van der Waals surface area contributed by atoms with Gasteiger partial charge in [-0.1, -0.05) is 0 Å². The molecule has 0 saturated carbocycles. The van der Waals surface area contributed by atoms with Crippen LogP contribution in [0.15, 0.2) is 30.3 Å². The molecule has 0 aliphatic carbocycles. The fourth-order valence-electron chi connectivity index (χ4n) is 3.48. The predicted molar refractivity (Wildman–Crippen MR) is 96.5 cm³/mol. The monoisotopic (exact) mass is 420 g/mol. The van der Waals surface area contributed by atoms with Gasteiger partial charge >= 0.3 is 6.18 Å². The van der Waals surface area contributed by atoms with E-state index in [1.165, 1.54) is 6.07 Å². The van der Waals surface area contributed by atoms with Gasteiger partial charge in [0.2, 0.25) is 6.79 Å². The lowest BCUT2D eigenvalue weighted by Crippen LogP contribution is -2.49. The van der Waals surface area contributed by atoms with E-state index in [0.29, 0.717) is 53.6 Å². The summed E-state index contributed by atoms with van der Waals surface area (Å²) in [7, 11) is 0. The standard InChI is InChI=1S/C18H15F3N6O3/c19-18(20,21)17-23-22-14-3-4-15(24-27(14)17)25-5-7-26(8-6-25)16(28)11-1-2-12-13(9-11)30-10-29-12/h1-4,9H,5-8,10H2. The molecule has 5 rings (SSSR count). The highest BCUT2D eigenvalue weighted by Gasteiger charge is 2.38. The Balaban J connectivity index is 1.30. The molecule has 2 aliphatic rings. The highest BCUT2D eigenvalue weighted by molar-refractivity contribution is 5.95. The summed E-state index contributed by atoms with van der Waals surface area (Å²) < 4.78 is 50.5. The molecular weight excluding hydrogens is 405 g/mol. The summed E-state index contributed by atoms with van der Waals surface area (Å²) in [5.74, 6) is 0.185. The van der Waals surface area contributed by atoms with Crippen LogP contribution in [0.5, 0.6) is 11.5 Å². The van der Waals surface area contributed by atoms with Gasteiger partial charge < -0.3 is 19.3 Å². The molecule has 0 N–H and O–H groups in total. The van der Waals surface area contributed by atoms with Crippen LogP contribution in [0.3, 0.4) is 0 Å². The quantitative estimate of drug-likeness (QED) is 0.625. The van der Waals surface area contributed by atoms with Crippen molar-refractivity contribution in [3.8, 4) is 11.5 Å². The number of ether oxygens (including phenoxy) is 2. The fourth-order valence-corrected chi connectivity index (χ4v) is 3.48. The molecule has 2 aliphatic heterocycles. The molecule has 156 valence electrons. The second kappa shape index (κ2) is 6.75. The van der Waals surface area contributed by atoms with Crippen LogP contribution in [0.4, 0.5) is 19.0 Å². The number of carbonyl (C=O) groups excluding carboxylic acids is 1. The molecule has 12 heteroatoms. The SMILES string of the molecule is O=C(c1ccc2c(c1)OCO2)N1CCN(c2ccc3nnc(C(F)(F)F)n3n2)CC1. The number of nitrogens with zero attached hydrogens (tertiary/aromatic N) is 6. The van der Waals surface area contributed by atoms with Gasteiger partial charge in [0.25, 0.3) is 11.7 Å². The van der Waals surface area contributed by atoms with Gasteiger partial charge in [0.15, 0.2) is 17.1 Å². The number of anilines is 1. The summed E-state index contributed by atoms with van der Waals surface area (Å²) in [5.41, 5.74) is 0.509. The van der Waals surface area contributed by atoms with Crippen LogP contribution in [-0.2, 0) is 6.18 Å². The molecule has 1 aromatic carbocycles. The molecule has 0 bridgehead atoms. The lowest BCUT2D eigenvalue weighted by Gasteiger charge is -2.35. The van der Waals surface area contributed by atoms with Crippen LogP contribution in [-0.4, -0.2) is 63.6 Å². The smallest absolute Gasteiger partial charge is 0.453 e. The number of fused-ring (bicyclic) bond motifs is 2. The zero-order chi connectivity index (χ0) is 20.9. The fraction of sp³-hybridized carbons (Fsp3) is 0.333. The Morgan fingerprint density at radius 3 is 2.50 bits per heavy atom. The summed E-state index contributed by atoms with van der Waals surface area (Å²) in [4.78, 5) is 16.3. The number of hydrogen-bond acceptors (Lipinski definition) is 7. The van der Waals surface area contributed by atoms with Crippen molar-refractivity contribution < 1.29 is 27.4 Å². The molecule has 0 atom stereocenters. The summed E-state index contributed by atoms with van der Waals surface area (Å²) in [6.45, 7) is 1.80. The number of halogens is 3. The molecular formula is C18H15F3N6O3. The Morgan fingerprint density at radius 1 is 0.967 bits per heavy atom. The van der Waals surface area contributed by atoms with Crippen LogP contribution in [0.2, 0.25) is 0 Å². The first kappa shape index (κ1) is 18.5. The molecule has 0 spiro atoms. The van der Waals surface area contributed by atoms with E-state index in [0.717, 1.165) is 0 Å². The molecule has 1 fully saturated rings. The number of aromatic nitrogens is 4. The van der Waals surface area contributed by atoms with E-state index in [4.69, 9.17) is 9.47 Å². The molecule has 3 aromatic rings. The normalized spacial score (nSPS) is 16.4. The van der Waals surface area contributed by atoms with Crippen LogP contribution in [0.25, 0.3) is 5.65 Å². The van der Waals surface area contributed by atoms with Crippen molar-refractivity contribution in [2.45, 2.75) is 6.18 Å². The van der Waals surface area contributed by atoms with Gasteiger partial charge in [-0.2, -0.15) is 17.7 Å². The minimum atomic E-state index is -4.65. The van der Waals surface area contributed by atoms with Crippen LogP contribution in [0.1, 0.15) is 16.2 Å². The minimum absolute atomic E-state index is 0.0164. The van der Waals surface area contributed by atoms with Crippen molar-refractivity contribution in [1.29, 1.82) is 0 Å². The molecule has 1 amide bonds. The van der Waals surface area contributed by atoms with Gasteiger partial charge in [0.05, 0.1) is 0 Å². The topological polar surface area (TPSA) is 85.1 Å². The number of hydrogen-bond donors (Lipinski definition) is 0. The maximum Gasteiger partial charge on any atom is 0.453 e. The highest BCUT2D eigenvalue weighted by Crippen LogP contribution is 2.33. The summed E-state index contributed by atoms with van der Waals surface area (Å²) in [5, 5.41) is 10.7. The molecule has 1 saturated heterocycles. The zero-order valence-corrected chi connectivity index (χ0v) is 15.5. The summed E-state index contributed by atoms with van der Waals surface area (Å²) >= 11 is 0. The lowest BCUT2D eigenvalue weighted by atomic mass is 10.1. The van der Waals surface area contributed by atoms with Crippen molar-refractivity contribution >= 4 is 17.4 Å². The molecule has 0 unspecified atom stereocenters. The predicted octanol–water partition coefficient (Wildman–Crippen LogP) is 1.83. The van der Waals surface area contributed by atoms with Gasteiger partial charge in [0.1, 0.15) is 5.82 Å². The zero-order valence-electron chi connectivity index (χ0n) is 15.5. The van der Waals surface area contributed by atoms with E-state index in [1.807, 2.05) is 4.90 Å². The maximum absolute atomic E-state index is 13.1. The first-order valence-corrected chi connectivity index (χ1v) is 9.14. The van der Waals surface area contributed by atoms with Gasteiger partial charge in [-0.25, -0.2) is 0 Å². The van der Waals surface area contributed by atoms with E-state index in [9.17, 15) is 18.0 Å². The second-order valence-electron chi connectivity index (χ2n) is 6.83. The Hall–Kier alpha value is -3.57. The van der Waals surface area contributed by atoms with Gasteiger partial charge in [-0.05, 0) is 30.3 Å². The number of amides is 1. The van der Waals surface area contributed by atoms with E-state index >= 15 is 0 Å². The largest absolute Gasteiger partial charge is 0.454 e. The number of benzene rings is 1. The first-order chi connectivity index (χ1) is 14.4. The average Bonchev–Trinajstić information content (AvgIpc) is 3.38.